The lowest BCUT2D eigenvalue weighted by Gasteiger charge is -2.28. The second-order valence-corrected chi connectivity index (χ2v) is 10.1. The van der Waals surface area contributed by atoms with Crippen LogP contribution in [0.1, 0.15) is 66.2 Å². The van der Waals surface area contributed by atoms with Gasteiger partial charge in [-0.3, -0.25) is 19.2 Å². The Kier molecular flexibility index (Phi) is 11.5. The zero-order valence-corrected chi connectivity index (χ0v) is 22.3. The molecule has 194 valence electrons. The van der Waals surface area contributed by atoms with Crippen LogP contribution >= 0.6 is 11.8 Å². The average Bonchev–Trinajstić information content (AvgIpc) is 3.37. The Morgan fingerprint density at radius 1 is 0.824 bits per heavy atom. The monoisotopic (exact) mass is 498 g/mol. The van der Waals surface area contributed by atoms with Crippen LogP contribution in [-0.2, 0) is 23.9 Å². The number of carbonyl (C=O) groups is 4. The van der Waals surface area contributed by atoms with E-state index >= 15 is 0 Å². The van der Waals surface area contributed by atoms with Gasteiger partial charge < -0.3 is 25.2 Å². The molecule has 0 aliphatic carbocycles. The van der Waals surface area contributed by atoms with Crippen LogP contribution in [0.5, 0.6) is 0 Å². The molecule has 4 saturated heterocycles. The van der Waals surface area contributed by atoms with Crippen molar-refractivity contribution in [3.8, 4) is 0 Å². The summed E-state index contributed by atoms with van der Waals surface area (Å²) < 4.78 is 5.62. The van der Waals surface area contributed by atoms with Crippen LogP contribution in [0.25, 0.3) is 0 Å². The number of Topliss-reactive ketones (excluding diaryl/α,β-unsaturated/α-hetero) is 2. The van der Waals surface area contributed by atoms with E-state index in [1.807, 2.05) is 37.6 Å². The molecule has 6 atom stereocenters. The van der Waals surface area contributed by atoms with Gasteiger partial charge in [-0.25, -0.2) is 0 Å². The van der Waals surface area contributed by atoms with Crippen molar-refractivity contribution in [3.05, 3.63) is 0 Å². The Bertz CT molecular complexity index is 676. The summed E-state index contributed by atoms with van der Waals surface area (Å²) in [6.07, 6.45) is 4.62. The van der Waals surface area contributed by atoms with E-state index in [9.17, 15) is 19.2 Å². The number of ether oxygens (including phenoxy) is 1. The number of ketones is 2. The summed E-state index contributed by atoms with van der Waals surface area (Å²) in [5, 5.41) is 6.26. The van der Waals surface area contributed by atoms with Crippen molar-refractivity contribution in [3.63, 3.8) is 0 Å². The number of rotatable bonds is 4. The standard InChI is InChI=1S/C11H18N2O3.C11H18N2O2S.C2H6/c2*1-7(14)9-3-4-10-13(9)11(15)8(12-2)5-6-16-10;1-2/h2*8-10,12H,3-6H2,1-2H3;1-2H3. The van der Waals surface area contributed by atoms with Crippen molar-refractivity contribution in [1.82, 2.24) is 20.4 Å². The van der Waals surface area contributed by atoms with E-state index in [-0.39, 0.29) is 59.1 Å². The maximum Gasteiger partial charge on any atom is 0.242 e. The van der Waals surface area contributed by atoms with Crippen molar-refractivity contribution < 1.29 is 23.9 Å². The van der Waals surface area contributed by atoms with Crippen LogP contribution in [0.15, 0.2) is 0 Å². The maximum absolute atomic E-state index is 12.3. The van der Waals surface area contributed by atoms with Crippen LogP contribution in [0.4, 0.5) is 0 Å². The predicted octanol–water partition coefficient (Wildman–Crippen LogP) is 1.54. The van der Waals surface area contributed by atoms with E-state index in [1.54, 1.807) is 25.8 Å². The number of fused-ring (bicyclic) bond motifs is 2. The largest absolute Gasteiger partial charge is 0.358 e. The summed E-state index contributed by atoms with van der Waals surface area (Å²) in [5.41, 5.74) is 0. The molecule has 6 unspecified atom stereocenters. The SMILES string of the molecule is CC.CNC1CCOC2CCC(C(C)=O)N2C1=O.CNC1CCSC2CCC(C(C)=O)N2C1=O. The second-order valence-electron chi connectivity index (χ2n) is 8.81. The average molecular weight is 499 g/mol. The third-order valence-electron chi connectivity index (χ3n) is 6.84. The summed E-state index contributed by atoms with van der Waals surface area (Å²) in [7, 11) is 3.58. The number of amides is 2. The van der Waals surface area contributed by atoms with E-state index in [0.717, 1.165) is 37.9 Å². The summed E-state index contributed by atoms with van der Waals surface area (Å²) in [5.74, 6) is 1.27. The van der Waals surface area contributed by atoms with Gasteiger partial charge in [0.1, 0.15) is 6.23 Å². The Hall–Kier alpha value is -1.49. The van der Waals surface area contributed by atoms with Crippen molar-refractivity contribution in [2.75, 3.05) is 26.5 Å². The van der Waals surface area contributed by atoms with Crippen LogP contribution < -0.4 is 10.6 Å². The highest BCUT2D eigenvalue weighted by molar-refractivity contribution is 7.99. The molecule has 4 heterocycles. The predicted molar refractivity (Wildman–Crippen MR) is 133 cm³/mol. The molecule has 4 rings (SSSR count). The Balaban J connectivity index is 0.000000224. The van der Waals surface area contributed by atoms with Gasteiger partial charge in [0.25, 0.3) is 0 Å². The van der Waals surface area contributed by atoms with Gasteiger partial charge in [-0.2, -0.15) is 0 Å². The van der Waals surface area contributed by atoms with Gasteiger partial charge in [0.15, 0.2) is 11.6 Å². The van der Waals surface area contributed by atoms with E-state index in [1.165, 1.54) is 0 Å². The highest BCUT2D eigenvalue weighted by atomic mass is 32.2. The zero-order chi connectivity index (χ0) is 25.4. The van der Waals surface area contributed by atoms with E-state index in [0.29, 0.717) is 13.0 Å². The minimum atomic E-state index is -0.286. The fraction of sp³-hybridized carbons (Fsp3) is 0.833. The van der Waals surface area contributed by atoms with Gasteiger partial charge in [-0.05, 0) is 72.2 Å². The molecule has 0 aromatic carbocycles. The summed E-state index contributed by atoms with van der Waals surface area (Å²) in [6.45, 7) is 7.70. The molecule has 0 spiro atoms. The minimum Gasteiger partial charge on any atom is -0.358 e. The quantitative estimate of drug-likeness (QED) is 0.601. The maximum atomic E-state index is 12.3. The number of likely N-dealkylation sites (N-methyl/N-ethyl adjacent to an activating group) is 2. The summed E-state index contributed by atoms with van der Waals surface area (Å²) >= 11 is 1.81. The normalized spacial score (nSPS) is 32.9. The Morgan fingerprint density at radius 2 is 1.35 bits per heavy atom. The molecule has 2 amide bonds. The van der Waals surface area contributed by atoms with Crippen LogP contribution in [0.2, 0.25) is 0 Å². The first kappa shape index (κ1) is 28.7. The fourth-order valence-corrected chi connectivity index (χ4v) is 6.42. The van der Waals surface area contributed by atoms with Gasteiger partial charge in [0, 0.05) is 0 Å². The number of thioether (sulfide) groups is 1. The van der Waals surface area contributed by atoms with E-state index in [2.05, 4.69) is 10.6 Å². The smallest absolute Gasteiger partial charge is 0.242 e. The molecule has 0 saturated carbocycles. The van der Waals surface area contributed by atoms with Crippen LogP contribution in [-0.4, -0.2) is 95.4 Å². The number of hydrogen-bond acceptors (Lipinski definition) is 8. The third kappa shape index (κ3) is 6.38. The van der Waals surface area contributed by atoms with Gasteiger partial charge in [-0.15, -0.1) is 11.8 Å². The van der Waals surface area contributed by atoms with E-state index in [4.69, 9.17) is 4.74 Å². The Morgan fingerprint density at radius 3 is 1.94 bits per heavy atom. The lowest BCUT2D eigenvalue weighted by molar-refractivity contribution is -0.146. The van der Waals surface area contributed by atoms with Gasteiger partial charge in [0.2, 0.25) is 11.8 Å². The lowest BCUT2D eigenvalue weighted by atomic mass is 10.1. The highest BCUT2D eigenvalue weighted by Gasteiger charge is 2.44. The molecule has 0 aromatic rings. The minimum absolute atomic E-state index is 0.00250. The van der Waals surface area contributed by atoms with Gasteiger partial charge in [-0.1, -0.05) is 13.8 Å². The molecule has 2 N–H and O–H groups in total. The van der Waals surface area contributed by atoms with Crippen molar-refractivity contribution in [2.24, 2.45) is 0 Å². The van der Waals surface area contributed by atoms with Crippen molar-refractivity contribution >= 4 is 35.1 Å². The van der Waals surface area contributed by atoms with Crippen LogP contribution in [0.3, 0.4) is 0 Å². The van der Waals surface area contributed by atoms with Crippen molar-refractivity contribution in [1.29, 1.82) is 0 Å². The molecular formula is C24H42N4O5S. The first-order chi connectivity index (χ1) is 16.3. The molecule has 34 heavy (non-hydrogen) atoms. The first-order valence-corrected chi connectivity index (χ1v) is 13.6. The molecule has 4 fully saturated rings. The summed E-state index contributed by atoms with van der Waals surface area (Å²) in [6, 6.07) is -0.798. The Labute approximate surface area is 208 Å². The zero-order valence-electron chi connectivity index (χ0n) is 21.5. The molecule has 4 aliphatic rings. The number of nitrogens with zero attached hydrogens (tertiary/aromatic N) is 2. The summed E-state index contributed by atoms with van der Waals surface area (Å²) in [4.78, 5) is 50.9. The number of carbonyl (C=O) groups excluding carboxylic acids is 4. The molecule has 10 heteroatoms. The molecule has 0 radical (unpaired) electrons. The highest BCUT2D eigenvalue weighted by Crippen LogP contribution is 2.35. The third-order valence-corrected chi connectivity index (χ3v) is 8.16. The van der Waals surface area contributed by atoms with Crippen LogP contribution in [0, 0.1) is 0 Å². The molecule has 0 aromatic heterocycles. The van der Waals surface area contributed by atoms with Gasteiger partial charge in [0.05, 0.1) is 36.1 Å². The fourth-order valence-electron chi connectivity index (χ4n) is 5.06. The van der Waals surface area contributed by atoms with E-state index < -0.39 is 0 Å². The molecule has 0 bridgehead atoms. The topological polar surface area (TPSA) is 108 Å². The number of hydrogen-bond donors (Lipinski definition) is 2. The van der Waals surface area contributed by atoms with Crippen molar-refractivity contribution in [2.45, 2.75) is 102 Å². The molecule has 9 nitrogen and oxygen atoms in total. The first-order valence-electron chi connectivity index (χ1n) is 12.5. The molecular weight excluding hydrogens is 456 g/mol. The van der Waals surface area contributed by atoms with Gasteiger partial charge >= 0.3 is 0 Å². The lowest BCUT2D eigenvalue weighted by Crippen LogP contribution is -2.50. The number of nitrogens with one attached hydrogen (secondary N) is 2. The second kappa shape index (κ2) is 13.6. The molecule has 4 aliphatic heterocycles.